The first-order valence-corrected chi connectivity index (χ1v) is 11.9. The summed E-state index contributed by atoms with van der Waals surface area (Å²) in [4.78, 5) is 52.5. The van der Waals surface area contributed by atoms with Crippen molar-refractivity contribution < 1.29 is 32.3 Å². The average Bonchev–Trinajstić information content (AvgIpc) is 3.59. The van der Waals surface area contributed by atoms with Crippen molar-refractivity contribution >= 4 is 34.7 Å². The number of nitrogens with zero attached hydrogens (tertiary/aromatic N) is 2. The predicted molar refractivity (Wildman–Crippen MR) is 119 cm³/mol. The first-order valence-electron chi connectivity index (χ1n) is 11.1. The van der Waals surface area contributed by atoms with Gasteiger partial charge in [-0.2, -0.15) is 13.2 Å². The van der Waals surface area contributed by atoms with E-state index in [1.165, 1.54) is 29.9 Å². The van der Waals surface area contributed by atoms with Crippen LogP contribution in [0.4, 0.5) is 18.0 Å². The van der Waals surface area contributed by atoms with E-state index in [0.717, 1.165) is 35.2 Å². The number of halogens is 3. The molecule has 1 aliphatic carbocycles. The molecule has 0 atom stereocenters. The van der Waals surface area contributed by atoms with Crippen molar-refractivity contribution in [2.24, 2.45) is 5.92 Å². The molecule has 1 aromatic carbocycles. The maximum atomic E-state index is 13.3. The lowest BCUT2D eigenvalue weighted by Crippen LogP contribution is -2.40. The van der Waals surface area contributed by atoms with Crippen LogP contribution in [0.3, 0.4) is 0 Å². The minimum atomic E-state index is -4.64. The van der Waals surface area contributed by atoms with Crippen LogP contribution in [0.5, 0.6) is 0 Å². The highest BCUT2D eigenvalue weighted by Gasteiger charge is 2.40. The van der Waals surface area contributed by atoms with Crippen LogP contribution in [-0.2, 0) is 15.8 Å². The molecule has 0 aromatic heterocycles. The molecule has 4 amide bonds. The van der Waals surface area contributed by atoms with E-state index >= 15 is 0 Å². The van der Waals surface area contributed by atoms with Crippen molar-refractivity contribution in [3.05, 3.63) is 45.9 Å². The third-order valence-corrected chi connectivity index (χ3v) is 7.22. The summed E-state index contributed by atoms with van der Waals surface area (Å²) in [6.07, 6.45) is -0.878. The first-order chi connectivity index (χ1) is 16.1. The summed E-state index contributed by atoms with van der Waals surface area (Å²) < 4.78 is 39.8. The smallest absolute Gasteiger partial charge is 0.355 e. The van der Waals surface area contributed by atoms with Crippen LogP contribution in [0.25, 0.3) is 0 Å². The molecule has 1 N–H and O–H groups in total. The molecule has 3 aliphatic rings. The molecule has 11 heteroatoms. The van der Waals surface area contributed by atoms with Crippen LogP contribution < -0.4 is 5.32 Å². The fourth-order valence-corrected chi connectivity index (χ4v) is 5.05. The van der Waals surface area contributed by atoms with E-state index in [1.807, 2.05) is 0 Å². The number of piperidine rings is 1. The number of hydrogen-bond donors (Lipinski definition) is 1. The molecule has 3 fully saturated rings. The third kappa shape index (κ3) is 5.45. The van der Waals surface area contributed by atoms with Gasteiger partial charge in [0.05, 0.1) is 16.0 Å². The minimum absolute atomic E-state index is 0.132. The Bertz CT molecular complexity index is 1040. The van der Waals surface area contributed by atoms with Crippen LogP contribution in [0, 0.1) is 5.92 Å². The van der Waals surface area contributed by atoms with Crippen LogP contribution in [0.2, 0.25) is 0 Å². The van der Waals surface area contributed by atoms with Gasteiger partial charge in [-0.05, 0) is 54.6 Å². The molecule has 0 spiro atoms. The molecule has 7 nitrogen and oxygen atoms in total. The Hall–Kier alpha value is -2.82. The lowest BCUT2D eigenvalue weighted by atomic mass is 10.0. The quantitative estimate of drug-likeness (QED) is 0.607. The lowest BCUT2D eigenvalue weighted by Gasteiger charge is -2.29. The number of likely N-dealkylation sites (tertiary alicyclic amines) is 1. The highest BCUT2D eigenvalue weighted by atomic mass is 32.2. The molecule has 2 heterocycles. The first kappa shape index (κ1) is 24.3. The topological polar surface area (TPSA) is 86.8 Å². The van der Waals surface area contributed by atoms with Crippen molar-refractivity contribution in [1.82, 2.24) is 15.1 Å². The second-order valence-corrected chi connectivity index (χ2v) is 9.57. The number of amides is 4. The Morgan fingerprint density at radius 3 is 2.41 bits per heavy atom. The van der Waals surface area contributed by atoms with Gasteiger partial charge in [0.1, 0.15) is 6.54 Å². The largest absolute Gasteiger partial charge is 0.417 e. The van der Waals surface area contributed by atoms with Gasteiger partial charge in [0.25, 0.3) is 17.1 Å². The fraction of sp³-hybridized carbons (Fsp3) is 0.478. The van der Waals surface area contributed by atoms with E-state index in [-0.39, 0.29) is 37.4 Å². The SMILES string of the molecule is O=C(CN1C(=O)SC(=C2CCN(C(=O)c3ccccc3C(F)(F)F)CC2)C1=O)NCCC1CC1. The van der Waals surface area contributed by atoms with Gasteiger partial charge in [-0.1, -0.05) is 25.0 Å². The van der Waals surface area contributed by atoms with E-state index in [9.17, 15) is 32.3 Å². The molecule has 34 heavy (non-hydrogen) atoms. The van der Waals surface area contributed by atoms with E-state index in [4.69, 9.17) is 0 Å². The minimum Gasteiger partial charge on any atom is -0.355 e. The molecule has 1 saturated carbocycles. The molecule has 2 saturated heterocycles. The number of benzene rings is 1. The normalized spacial score (nSPS) is 19.1. The highest BCUT2D eigenvalue weighted by molar-refractivity contribution is 8.18. The van der Waals surface area contributed by atoms with Crippen LogP contribution in [0.15, 0.2) is 34.7 Å². The number of hydrogen-bond acceptors (Lipinski definition) is 5. The summed E-state index contributed by atoms with van der Waals surface area (Å²) in [6, 6.07) is 4.65. The summed E-state index contributed by atoms with van der Waals surface area (Å²) in [6.45, 7) is 0.439. The predicted octanol–water partition coefficient (Wildman–Crippen LogP) is 3.81. The van der Waals surface area contributed by atoms with Crippen LogP contribution >= 0.6 is 11.8 Å². The average molecular weight is 496 g/mol. The van der Waals surface area contributed by atoms with E-state index in [0.29, 0.717) is 18.0 Å². The number of carbonyl (C=O) groups excluding carboxylic acids is 4. The number of thioether (sulfide) groups is 1. The Morgan fingerprint density at radius 1 is 1.09 bits per heavy atom. The number of nitrogens with one attached hydrogen (secondary N) is 1. The maximum Gasteiger partial charge on any atom is 0.417 e. The van der Waals surface area contributed by atoms with Gasteiger partial charge in [-0.3, -0.25) is 24.1 Å². The molecule has 0 bridgehead atoms. The Kier molecular flexibility index (Phi) is 7.01. The fourth-order valence-electron chi connectivity index (χ4n) is 4.07. The number of alkyl halides is 3. The third-order valence-electron chi connectivity index (χ3n) is 6.16. The Morgan fingerprint density at radius 2 is 1.76 bits per heavy atom. The van der Waals surface area contributed by atoms with E-state index < -0.39 is 40.3 Å². The Balaban J connectivity index is 1.36. The monoisotopic (exact) mass is 495 g/mol. The summed E-state index contributed by atoms with van der Waals surface area (Å²) in [5, 5.41) is 2.21. The number of imide groups is 1. The van der Waals surface area contributed by atoms with Crippen LogP contribution in [0.1, 0.15) is 48.0 Å². The van der Waals surface area contributed by atoms with Gasteiger partial charge in [-0.15, -0.1) is 0 Å². The molecule has 0 radical (unpaired) electrons. The number of carbonyl (C=O) groups is 4. The standard InChI is InChI=1S/C23H24F3N3O4S/c24-23(25,26)17-4-2-1-3-16(17)20(31)28-11-8-15(9-12-28)19-21(32)29(22(33)34-19)13-18(30)27-10-7-14-5-6-14/h1-4,14H,5-13H2,(H,27,30). The van der Waals surface area contributed by atoms with Crippen molar-refractivity contribution in [1.29, 1.82) is 0 Å². The van der Waals surface area contributed by atoms with Crippen molar-refractivity contribution in [3.8, 4) is 0 Å². The molecule has 1 aromatic rings. The van der Waals surface area contributed by atoms with E-state index in [1.54, 1.807) is 0 Å². The zero-order valence-corrected chi connectivity index (χ0v) is 19.1. The molecule has 182 valence electrons. The van der Waals surface area contributed by atoms with Gasteiger partial charge in [0, 0.05) is 19.6 Å². The zero-order chi connectivity index (χ0) is 24.5. The summed E-state index contributed by atoms with van der Waals surface area (Å²) in [5.41, 5.74) is -0.720. The van der Waals surface area contributed by atoms with Gasteiger partial charge in [-0.25, -0.2) is 0 Å². The summed E-state index contributed by atoms with van der Waals surface area (Å²) in [7, 11) is 0. The van der Waals surface area contributed by atoms with Gasteiger partial charge in [0.15, 0.2) is 0 Å². The lowest BCUT2D eigenvalue weighted by molar-refractivity contribution is -0.138. The number of rotatable bonds is 6. The van der Waals surface area contributed by atoms with Crippen molar-refractivity contribution in [2.75, 3.05) is 26.2 Å². The van der Waals surface area contributed by atoms with Gasteiger partial charge >= 0.3 is 6.18 Å². The van der Waals surface area contributed by atoms with Gasteiger partial charge in [0.2, 0.25) is 5.91 Å². The molecular formula is C23H24F3N3O4S. The van der Waals surface area contributed by atoms with Gasteiger partial charge < -0.3 is 10.2 Å². The second kappa shape index (κ2) is 9.81. The van der Waals surface area contributed by atoms with Crippen LogP contribution in [-0.4, -0.2) is 58.9 Å². The summed E-state index contributed by atoms with van der Waals surface area (Å²) in [5.74, 6) is -0.993. The molecule has 2 aliphatic heterocycles. The van der Waals surface area contributed by atoms with Crippen molar-refractivity contribution in [3.63, 3.8) is 0 Å². The maximum absolute atomic E-state index is 13.3. The van der Waals surface area contributed by atoms with E-state index in [2.05, 4.69) is 5.32 Å². The molecule has 4 rings (SSSR count). The molecular weight excluding hydrogens is 471 g/mol. The second-order valence-electron chi connectivity index (χ2n) is 8.61. The summed E-state index contributed by atoms with van der Waals surface area (Å²) >= 11 is 0.766. The molecule has 0 unspecified atom stereocenters. The highest BCUT2D eigenvalue weighted by Crippen LogP contribution is 2.37. The van der Waals surface area contributed by atoms with Crippen molar-refractivity contribution in [2.45, 2.75) is 38.3 Å². The Labute approximate surface area is 198 Å². The zero-order valence-electron chi connectivity index (χ0n) is 18.3.